The van der Waals surface area contributed by atoms with E-state index in [0.717, 1.165) is 22.4 Å². The lowest BCUT2D eigenvalue weighted by Gasteiger charge is -2.11. The third-order valence-corrected chi connectivity index (χ3v) is 2.86. The molecule has 0 spiro atoms. The second-order valence-electron chi connectivity index (χ2n) is 3.95. The molecular weight excluding hydrogens is 226 g/mol. The fourth-order valence-corrected chi connectivity index (χ4v) is 2.11. The Bertz CT molecular complexity index is 662. The van der Waals surface area contributed by atoms with Crippen LogP contribution < -0.4 is 4.74 Å². The zero-order chi connectivity index (χ0) is 12.4. The van der Waals surface area contributed by atoms with Crippen LogP contribution in [0.3, 0.4) is 0 Å². The van der Waals surface area contributed by atoms with Crippen molar-refractivity contribution in [3.63, 3.8) is 0 Å². The average Bonchev–Trinajstić information content (AvgIpc) is 2.92. The van der Waals surface area contributed by atoms with Crippen LogP contribution in [0.25, 0.3) is 22.0 Å². The number of aromatic amines is 1. The number of hydrogen-bond donors (Lipinski definition) is 1. The average molecular weight is 239 g/mol. The van der Waals surface area contributed by atoms with Gasteiger partial charge in [-0.05, 0) is 23.8 Å². The highest BCUT2D eigenvalue weighted by molar-refractivity contribution is 5.98. The molecule has 0 unspecified atom stereocenters. The van der Waals surface area contributed by atoms with Crippen molar-refractivity contribution in [2.45, 2.75) is 6.92 Å². The summed E-state index contributed by atoms with van der Waals surface area (Å²) in [6.07, 6.45) is 1.71. The molecule has 1 heterocycles. The first-order valence-electron chi connectivity index (χ1n) is 5.91. The topological polar surface area (TPSA) is 50.8 Å². The maximum absolute atomic E-state index is 5.69. The second kappa shape index (κ2) is 4.49. The Morgan fingerprint density at radius 2 is 2.06 bits per heavy atom. The van der Waals surface area contributed by atoms with Crippen molar-refractivity contribution in [1.29, 1.82) is 0 Å². The summed E-state index contributed by atoms with van der Waals surface area (Å²) in [5.41, 5.74) is 1.79. The highest BCUT2D eigenvalue weighted by atomic mass is 16.5. The van der Waals surface area contributed by atoms with E-state index in [9.17, 15) is 0 Å². The van der Waals surface area contributed by atoms with E-state index in [1.165, 1.54) is 5.39 Å². The Labute approximate surface area is 105 Å². The quantitative estimate of drug-likeness (QED) is 0.764. The molecule has 0 amide bonds. The van der Waals surface area contributed by atoms with E-state index in [2.05, 4.69) is 33.6 Å². The monoisotopic (exact) mass is 239 g/mol. The summed E-state index contributed by atoms with van der Waals surface area (Å²) in [5.74, 6) is 0.838. The van der Waals surface area contributed by atoms with Gasteiger partial charge in [0.15, 0.2) is 0 Å². The van der Waals surface area contributed by atoms with Crippen molar-refractivity contribution in [3.05, 3.63) is 42.6 Å². The molecule has 4 heteroatoms. The molecule has 0 saturated heterocycles. The zero-order valence-corrected chi connectivity index (χ0v) is 10.1. The summed E-state index contributed by atoms with van der Waals surface area (Å²) in [6.45, 7) is 2.60. The molecule has 0 aliphatic carbocycles. The summed E-state index contributed by atoms with van der Waals surface area (Å²) in [7, 11) is 0. The van der Waals surface area contributed by atoms with Gasteiger partial charge in [0.2, 0.25) is 0 Å². The third-order valence-electron chi connectivity index (χ3n) is 2.86. The van der Waals surface area contributed by atoms with Gasteiger partial charge >= 0.3 is 0 Å². The molecule has 0 bridgehead atoms. The van der Waals surface area contributed by atoms with Gasteiger partial charge in [-0.15, -0.1) is 0 Å². The molecule has 0 aliphatic heterocycles. The van der Waals surface area contributed by atoms with Crippen molar-refractivity contribution in [2.75, 3.05) is 6.61 Å². The van der Waals surface area contributed by atoms with Gasteiger partial charge in [-0.3, -0.25) is 0 Å². The molecule has 0 radical (unpaired) electrons. The number of aromatic nitrogens is 3. The Balaban J connectivity index is 2.32. The number of rotatable bonds is 3. The van der Waals surface area contributed by atoms with Crippen LogP contribution in [0.4, 0.5) is 0 Å². The summed E-state index contributed by atoms with van der Waals surface area (Å²) in [5, 5.41) is 13.0. The van der Waals surface area contributed by atoms with Gasteiger partial charge in [-0.25, -0.2) is 0 Å². The predicted octanol–water partition coefficient (Wildman–Crippen LogP) is 3.02. The van der Waals surface area contributed by atoms with Crippen LogP contribution in [-0.4, -0.2) is 22.0 Å². The van der Waals surface area contributed by atoms with Crippen LogP contribution in [0, 0.1) is 0 Å². The van der Waals surface area contributed by atoms with Crippen molar-refractivity contribution >= 4 is 10.8 Å². The smallest absolute Gasteiger partial charge is 0.129 e. The van der Waals surface area contributed by atoms with Crippen molar-refractivity contribution in [2.24, 2.45) is 0 Å². The Morgan fingerprint density at radius 3 is 2.83 bits per heavy atom. The summed E-state index contributed by atoms with van der Waals surface area (Å²) >= 11 is 0. The molecular formula is C14H13N3O. The van der Waals surface area contributed by atoms with Crippen LogP contribution in [0.1, 0.15) is 6.92 Å². The maximum atomic E-state index is 5.69. The number of benzene rings is 2. The normalized spacial score (nSPS) is 10.7. The van der Waals surface area contributed by atoms with Crippen LogP contribution >= 0.6 is 0 Å². The van der Waals surface area contributed by atoms with Crippen molar-refractivity contribution in [1.82, 2.24) is 15.4 Å². The van der Waals surface area contributed by atoms with Crippen LogP contribution in [0.2, 0.25) is 0 Å². The van der Waals surface area contributed by atoms with E-state index >= 15 is 0 Å². The van der Waals surface area contributed by atoms with Crippen LogP contribution in [0.5, 0.6) is 5.75 Å². The largest absolute Gasteiger partial charge is 0.493 e. The fraction of sp³-hybridized carbons (Fsp3) is 0.143. The molecule has 1 N–H and O–H groups in total. The Kier molecular flexibility index (Phi) is 2.68. The molecule has 3 aromatic rings. The molecule has 90 valence electrons. The minimum Gasteiger partial charge on any atom is -0.493 e. The molecule has 1 aromatic heterocycles. The standard InChI is InChI=1S/C14H13N3O/c1-2-18-13-8-7-10-5-3-4-6-11(10)14(13)12-9-15-17-16-12/h3-9H,2H2,1H3,(H,15,16,17). The lowest BCUT2D eigenvalue weighted by Crippen LogP contribution is -1.95. The molecule has 0 aliphatic rings. The number of fused-ring (bicyclic) bond motifs is 1. The lowest BCUT2D eigenvalue weighted by molar-refractivity contribution is 0.342. The van der Waals surface area contributed by atoms with Crippen molar-refractivity contribution < 1.29 is 4.74 Å². The highest BCUT2D eigenvalue weighted by Gasteiger charge is 2.12. The third kappa shape index (κ3) is 1.72. The van der Waals surface area contributed by atoms with Gasteiger partial charge in [-0.1, -0.05) is 30.3 Å². The Morgan fingerprint density at radius 1 is 1.17 bits per heavy atom. The number of H-pyrrole nitrogens is 1. The summed E-state index contributed by atoms with van der Waals surface area (Å²) in [6, 6.07) is 12.2. The minimum atomic E-state index is 0.628. The first-order valence-corrected chi connectivity index (χ1v) is 5.91. The van der Waals surface area contributed by atoms with Gasteiger partial charge in [0.1, 0.15) is 11.4 Å². The fourth-order valence-electron chi connectivity index (χ4n) is 2.11. The Hall–Kier alpha value is -2.36. The molecule has 0 atom stereocenters. The van der Waals surface area contributed by atoms with Crippen molar-refractivity contribution in [3.8, 4) is 17.0 Å². The first kappa shape index (κ1) is 10.8. The molecule has 3 rings (SSSR count). The van der Waals surface area contributed by atoms with E-state index in [1.807, 2.05) is 25.1 Å². The van der Waals surface area contributed by atoms with E-state index in [4.69, 9.17) is 4.74 Å². The van der Waals surface area contributed by atoms with Crippen LogP contribution in [-0.2, 0) is 0 Å². The molecule has 4 nitrogen and oxygen atoms in total. The van der Waals surface area contributed by atoms with Crippen LogP contribution in [0.15, 0.2) is 42.6 Å². The van der Waals surface area contributed by atoms with Gasteiger partial charge in [-0.2, -0.15) is 15.4 Å². The van der Waals surface area contributed by atoms with E-state index < -0.39 is 0 Å². The van der Waals surface area contributed by atoms with Gasteiger partial charge in [0, 0.05) is 0 Å². The lowest BCUT2D eigenvalue weighted by atomic mass is 10.0. The molecule has 0 saturated carbocycles. The number of nitrogens with zero attached hydrogens (tertiary/aromatic N) is 2. The second-order valence-corrected chi connectivity index (χ2v) is 3.95. The van der Waals surface area contributed by atoms with Gasteiger partial charge < -0.3 is 4.74 Å². The maximum Gasteiger partial charge on any atom is 0.129 e. The SMILES string of the molecule is CCOc1ccc2ccccc2c1-c1cn[nH]n1. The zero-order valence-electron chi connectivity index (χ0n) is 10.1. The molecule has 0 fully saturated rings. The minimum absolute atomic E-state index is 0.628. The number of ether oxygens (including phenoxy) is 1. The highest BCUT2D eigenvalue weighted by Crippen LogP contribution is 2.35. The van der Waals surface area contributed by atoms with E-state index in [1.54, 1.807) is 6.20 Å². The van der Waals surface area contributed by atoms with Gasteiger partial charge in [0.05, 0.1) is 18.4 Å². The molecule has 18 heavy (non-hydrogen) atoms. The summed E-state index contributed by atoms with van der Waals surface area (Å²) < 4.78 is 5.69. The van der Waals surface area contributed by atoms with Gasteiger partial charge in [0.25, 0.3) is 0 Å². The molecule has 2 aromatic carbocycles. The van der Waals surface area contributed by atoms with E-state index in [-0.39, 0.29) is 0 Å². The first-order chi connectivity index (χ1) is 8.90. The number of hydrogen-bond acceptors (Lipinski definition) is 3. The van der Waals surface area contributed by atoms with E-state index in [0.29, 0.717) is 6.61 Å². The number of nitrogens with one attached hydrogen (secondary N) is 1. The summed E-state index contributed by atoms with van der Waals surface area (Å²) in [4.78, 5) is 0. The predicted molar refractivity (Wildman–Crippen MR) is 70.5 cm³/mol.